The van der Waals surface area contributed by atoms with Crippen LogP contribution in [-0.2, 0) is 14.3 Å². The molecule has 0 spiro atoms. The molecule has 196 valence electrons. The van der Waals surface area contributed by atoms with Crippen molar-refractivity contribution in [1.82, 2.24) is 15.5 Å². The third kappa shape index (κ3) is 8.42. The highest BCUT2D eigenvalue weighted by Crippen LogP contribution is 2.31. The Morgan fingerprint density at radius 2 is 1.60 bits per heavy atom. The first-order valence-corrected chi connectivity index (χ1v) is 12.3. The van der Waals surface area contributed by atoms with Crippen LogP contribution >= 0.6 is 0 Å². The summed E-state index contributed by atoms with van der Waals surface area (Å²) in [5.41, 5.74) is -1.13. The molecule has 0 radical (unpaired) electrons. The van der Waals surface area contributed by atoms with Gasteiger partial charge in [-0.05, 0) is 72.1 Å². The van der Waals surface area contributed by atoms with Crippen LogP contribution in [0.25, 0.3) is 0 Å². The van der Waals surface area contributed by atoms with Gasteiger partial charge in [0.05, 0.1) is 6.61 Å². The van der Waals surface area contributed by atoms with Crippen LogP contribution in [0.4, 0.5) is 4.79 Å². The summed E-state index contributed by atoms with van der Waals surface area (Å²) in [6.45, 7) is 9.77. The van der Waals surface area contributed by atoms with E-state index in [2.05, 4.69) is 10.6 Å². The molecule has 9 nitrogen and oxygen atoms in total. The van der Waals surface area contributed by atoms with E-state index < -0.39 is 41.8 Å². The number of nitrogens with zero attached hydrogens (tertiary/aromatic N) is 1. The van der Waals surface area contributed by atoms with Gasteiger partial charge in [0.15, 0.2) is 0 Å². The Labute approximate surface area is 208 Å². The number of alkyl carbamates (subject to hydrolysis) is 1. The van der Waals surface area contributed by atoms with Crippen LogP contribution < -0.4 is 10.6 Å². The zero-order chi connectivity index (χ0) is 26.4. The maximum atomic E-state index is 13.8. The minimum atomic E-state index is -1.31. The van der Waals surface area contributed by atoms with Crippen molar-refractivity contribution in [2.75, 3.05) is 6.61 Å². The maximum Gasteiger partial charge on any atom is 0.408 e. The fourth-order valence-electron chi connectivity index (χ4n) is 4.25. The number of aromatic hydroxyl groups is 1. The molecule has 1 aliphatic rings. The van der Waals surface area contributed by atoms with Crippen LogP contribution in [0.2, 0.25) is 0 Å². The zero-order valence-corrected chi connectivity index (χ0v) is 21.8. The molecule has 2 rings (SSSR count). The first-order chi connectivity index (χ1) is 16.2. The Bertz CT molecular complexity index is 867. The van der Waals surface area contributed by atoms with Crippen LogP contribution in [0.5, 0.6) is 5.75 Å². The average Bonchev–Trinajstić information content (AvgIpc) is 2.74. The highest BCUT2D eigenvalue weighted by Gasteiger charge is 2.42. The van der Waals surface area contributed by atoms with E-state index in [0.717, 1.165) is 32.1 Å². The Morgan fingerprint density at radius 3 is 2.09 bits per heavy atom. The van der Waals surface area contributed by atoms with Crippen molar-refractivity contribution in [2.24, 2.45) is 0 Å². The van der Waals surface area contributed by atoms with E-state index >= 15 is 0 Å². The SMILES string of the molecule is CC(C)(C)OC(=O)NC(CO)C(=O)N(C(C(=O)NC1CCCCC1)c1ccc(O)cc1)C(C)(C)C. The molecule has 2 atom stereocenters. The topological polar surface area (TPSA) is 128 Å². The smallest absolute Gasteiger partial charge is 0.408 e. The number of phenols is 1. The Morgan fingerprint density at radius 1 is 1.03 bits per heavy atom. The summed E-state index contributed by atoms with van der Waals surface area (Å²) < 4.78 is 5.25. The number of benzene rings is 1. The number of nitrogens with one attached hydrogen (secondary N) is 2. The minimum Gasteiger partial charge on any atom is -0.508 e. The molecule has 0 heterocycles. The molecule has 0 bridgehead atoms. The van der Waals surface area contributed by atoms with Crippen molar-refractivity contribution in [3.8, 4) is 5.75 Å². The maximum absolute atomic E-state index is 13.8. The molecule has 4 N–H and O–H groups in total. The molecule has 1 fully saturated rings. The van der Waals surface area contributed by atoms with Gasteiger partial charge in [0.25, 0.3) is 0 Å². The summed E-state index contributed by atoms with van der Waals surface area (Å²) >= 11 is 0. The van der Waals surface area contributed by atoms with Crippen LogP contribution in [0.3, 0.4) is 0 Å². The van der Waals surface area contributed by atoms with E-state index in [1.54, 1.807) is 53.7 Å². The van der Waals surface area contributed by atoms with Crippen molar-refractivity contribution in [1.29, 1.82) is 0 Å². The van der Waals surface area contributed by atoms with Gasteiger partial charge in [-0.1, -0.05) is 31.4 Å². The number of hydrogen-bond donors (Lipinski definition) is 4. The number of carbonyl (C=O) groups is 3. The van der Waals surface area contributed by atoms with E-state index in [1.165, 1.54) is 17.0 Å². The third-order valence-corrected chi connectivity index (χ3v) is 5.80. The minimum absolute atomic E-state index is 0.0151. The normalized spacial score (nSPS) is 16.7. The summed E-state index contributed by atoms with van der Waals surface area (Å²) in [7, 11) is 0. The first-order valence-electron chi connectivity index (χ1n) is 12.3. The lowest BCUT2D eigenvalue weighted by Gasteiger charge is -2.43. The standard InChI is InChI=1S/C26H41N3O6/c1-25(2,3)29(23(33)20(16-30)28-24(34)35-26(4,5)6)21(17-12-14-19(31)15-13-17)22(32)27-18-10-8-7-9-11-18/h12-15,18,20-21,30-31H,7-11,16H2,1-6H3,(H,27,32)(H,28,34). The monoisotopic (exact) mass is 491 g/mol. The fourth-order valence-corrected chi connectivity index (χ4v) is 4.25. The Hall–Kier alpha value is -2.81. The lowest BCUT2D eigenvalue weighted by atomic mass is 9.93. The predicted molar refractivity (Wildman–Crippen MR) is 133 cm³/mol. The number of hydrogen-bond acceptors (Lipinski definition) is 6. The number of amides is 3. The summed E-state index contributed by atoms with van der Waals surface area (Å²) in [5, 5.41) is 25.3. The number of carbonyl (C=O) groups excluding carboxylic acids is 3. The molecular formula is C26H41N3O6. The third-order valence-electron chi connectivity index (χ3n) is 5.80. The molecule has 0 aromatic heterocycles. The summed E-state index contributed by atoms with van der Waals surface area (Å²) in [6.07, 6.45) is 4.10. The van der Waals surface area contributed by atoms with Crippen molar-refractivity contribution in [2.45, 2.75) is 103 Å². The molecule has 1 aromatic rings. The van der Waals surface area contributed by atoms with Gasteiger partial charge < -0.3 is 30.5 Å². The molecule has 35 heavy (non-hydrogen) atoms. The van der Waals surface area contributed by atoms with Crippen molar-refractivity contribution in [3.05, 3.63) is 29.8 Å². The largest absolute Gasteiger partial charge is 0.508 e. The van der Waals surface area contributed by atoms with E-state index in [0.29, 0.717) is 5.56 Å². The van der Waals surface area contributed by atoms with Crippen LogP contribution in [0.1, 0.15) is 85.3 Å². The highest BCUT2D eigenvalue weighted by molar-refractivity contribution is 5.92. The van der Waals surface area contributed by atoms with Crippen molar-refractivity contribution >= 4 is 17.9 Å². The number of ether oxygens (including phenoxy) is 1. The highest BCUT2D eigenvalue weighted by atomic mass is 16.6. The van der Waals surface area contributed by atoms with E-state index in [-0.39, 0.29) is 17.7 Å². The van der Waals surface area contributed by atoms with Gasteiger partial charge in [-0.2, -0.15) is 0 Å². The average molecular weight is 492 g/mol. The van der Waals surface area contributed by atoms with Crippen molar-refractivity contribution < 1.29 is 29.3 Å². The van der Waals surface area contributed by atoms with Gasteiger partial charge in [0.1, 0.15) is 23.4 Å². The second-order valence-electron chi connectivity index (χ2n) is 11.1. The fraction of sp³-hybridized carbons (Fsp3) is 0.654. The number of aliphatic hydroxyl groups excluding tert-OH is 1. The Kier molecular flexibility index (Phi) is 9.54. The molecule has 9 heteroatoms. The molecule has 1 aliphatic carbocycles. The predicted octanol–water partition coefficient (Wildman–Crippen LogP) is 3.39. The number of rotatable bonds is 7. The molecule has 0 aliphatic heterocycles. The van der Waals surface area contributed by atoms with Crippen LogP contribution in [0, 0.1) is 0 Å². The molecule has 0 saturated heterocycles. The summed E-state index contributed by atoms with van der Waals surface area (Å²) in [5.74, 6) is -0.934. The first kappa shape index (κ1) is 28.4. The van der Waals surface area contributed by atoms with Crippen molar-refractivity contribution in [3.63, 3.8) is 0 Å². The lowest BCUT2D eigenvalue weighted by molar-refractivity contribution is -0.149. The molecule has 2 unspecified atom stereocenters. The quantitative estimate of drug-likeness (QED) is 0.463. The second-order valence-corrected chi connectivity index (χ2v) is 11.1. The molecular weight excluding hydrogens is 450 g/mol. The van der Waals surface area contributed by atoms with Crippen LogP contribution in [-0.4, -0.2) is 62.9 Å². The van der Waals surface area contributed by atoms with Gasteiger partial charge in [-0.15, -0.1) is 0 Å². The van der Waals surface area contributed by atoms with Gasteiger partial charge in [-0.3, -0.25) is 9.59 Å². The summed E-state index contributed by atoms with van der Waals surface area (Å²) in [4.78, 5) is 41.2. The molecule has 1 aromatic carbocycles. The number of phenolic OH excluding ortho intramolecular Hbond substituents is 1. The Balaban J connectivity index is 2.43. The second kappa shape index (κ2) is 11.7. The lowest BCUT2D eigenvalue weighted by Crippen LogP contribution is -2.60. The van der Waals surface area contributed by atoms with E-state index in [1.807, 2.05) is 0 Å². The number of aliphatic hydroxyl groups is 1. The van der Waals surface area contributed by atoms with E-state index in [9.17, 15) is 24.6 Å². The zero-order valence-electron chi connectivity index (χ0n) is 21.8. The molecule has 3 amide bonds. The van der Waals surface area contributed by atoms with E-state index in [4.69, 9.17) is 4.74 Å². The van der Waals surface area contributed by atoms with Gasteiger partial charge in [0.2, 0.25) is 11.8 Å². The molecule has 1 saturated carbocycles. The van der Waals surface area contributed by atoms with Gasteiger partial charge >= 0.3 is 6.09 Å². The van der Waals surface area contributed by atoms with Gasteiger partial charge in [0, 0.05) is 11.6 Å². The van der Waals surface area contributed by atoms with Gasteiger partial charge in [-0.25, -0.2) is 4.79 Å². The summed E-state index contributed by atoms with van der Waals surface area (Å²) in [6, 6.07) is 3.78. The van der Waals surface area contributed by atoms with Crippen LogP contribution in [0.15, 0.2) is 24.3 Å².